The molecule has 0 amide bonds. The van der Waals surface area contributed by atoms with Crippen LogP contribution in [0.25, 0.3) is 0 Å². The standard InChI is InChI=1S/C5H12O4S.CH4O.Na.H/c1-5(2)4-9-10(6,7)8-3;1-2;;/h5H,4H2,1-3H3;2H,1H3;;. The van der Waals surface area contributed by atoms with Gasteiger partial charge in [-0.3, -0.25) is 4.18 Å². The Bertz CT molecular complexity index is 177. The first kappa shape index (κ1) is 19.4. The summed E-state index contributed by atoms with van der Waals surface area (Å²) in [6.07, 6.45) is 0. The Morgan fingerprint density at radius 1 is 1.31 bits per heavy atom. The van der Waals surface area contributed by atoms with E-state index in [0.717, 1.165) is 14.2 Å². The van der Waals surface area contributed by atoms with Gasteiger partial charge < -0.3 is 5.11 Å². The average molecular weight is 224 g/mol. The Kier molecular flexibility index (Phi) is 16.3. The van der Waals surface area contributed by atoms with Crippen LogP contribution in [0.5, 0.6) is 0 Å². The summed E-state index contributed by atoms with van der Waals surface area (Å²) >= 11 is 0. The second kappa shape index (κ2) is 10.9. The van der Waals surface area contributed by atoms with Crippen LogP contribution in [0, 0.1) is 5.92 Å². The van der Waals surface area contributed by atoms with E-state index in [2.05, 4.69) is 8.37 Å². The monoisotopic (exact) mass is 224 g/mol. The van der Waals surface area contributed by atoms with Crippen molar-refractivity contribution in [3.05, 3.63) is 0 Å². The van der Waals surface area contributed by atoms with Crippen LogP contribution in [-0.2, 0) is 18.8 Å². The first-order valence-corrected chi connectivity index (χ1v) is 4.71. The second-order valence-electron chi connectivity index (χ2n) is 2.25. The van der Waals surface area contributed by atoms with Crippen molar-refractivity contribution in [2.45, 2.75) is 13.8 Å². The van der Waals surface area contributed by atoms with Crippen molar-refractivity contribution in [3.63, 3.8) is 0 Å². The maximum atomic E-state index is 10.5. The van der Waals surface area contributed by atoms with Gasteiger partial charge in [0, 0.05) is 7.11 Å². The zero-order valence-corrected chi connectivity index (χ0v) is 8.59. The molecule has 0 saturated carbocycles. The molecule has 0 aliphatic carbocycles. The number of hydrogen-bond donors (Lipinski definition) is 1. The summed E-state index contributed by atoms with van der Waals surface area (Å²) in [5, 5.41) is 7.00. The van der Waals surface area contributed by atoms with Gasteiger partial charge in [-0.15, -0.1) is 0 Å². The summed E-state index contributed by atoms with van der Waals surface area (Å²) in [4.78, 5) is 0. The van der Waals surface area contributed by atoms with E-state index in [9.17, 15) is 8.42 Å². The van der Waals surface area contributed by atoms with Crippen molar-refractivity contribution in [1.82, 2.24) is 0 Å². The molecule has 0 unspecified atom stereocenters. The molecule has 0 radical (unpaired) electrons. The summed E-state index contributed by atoms with van der Waals surface area (Å²) in [7, 11) is -1.65. The molecule has 0 bridgehead atoms. The van der Waals surface area contributed by atoms with Crippen molar-refractivity contribution < 1.29 is 21.9 Å². The van der Waals surface area contributed by atoms with Crippen LogP contribution in [0.2, 0.25) is 0 Å². The predicted octanol–water partition coefficient (Wildman–Crippen LogP) is -0.490. The molecular weight excluding hydrogens is 207 g/mol. The van der Waals surface area contributed by atoms with E-state index < -0.39 is 10.4 Å². The molecule has 78 valence electrons. The third kappa shape index (κ3) is 15.6. The van der Waals surface area contributed by atoms with Gasteiger partial charge in [-0.1, -0.05) is 13.8 Å². The van der Waals surface area contributed by atoms with Gasteiger partial charge in [-0.05, 0) is 5.92 Å². The van der Waals surface area contributed by atoms with Crippen LogP contribution in [-0.4, -0.2) is 63.9 Å². The van der Waals surface area contributed by atoms with Gasteiger partial charge in [0.25, 0.3) is 0 Å². The zero-order valence-electron chi connectivity index (χ0n) is 7.77. The Morgan fingerprint density at radius 3 is 1.92 bits per heavy atom. The van der Waals surface area contributed by atoms with E-state index in [1.54, 1.807) is 0 Å². The zero-order chi connectivity index (χ0) is 10.2. The normalized spacial score (nSPS) is 10.0. The fourth-order valence-corrected chi connectivity index (χ4v) is 0.803. The molecule has 0 aliphatic heterocycles. The molecular formula is C6H17NaO5S. The molecule has 0 spiro atoms. The molecule has 13 heavy (non-hydrogen) atoms. The van der Waals surface area contributed by atoms with Gasteiger partial charge in [-0.25, -0.2) is 4.18 Å². The van der Waals surface area contributed by atoms with Crippen LogP contribution in [0.3, 0.4) is 0 Å². The van der Waals surface area contributed by atoms with E-state index in [0.29, 0.717) is 0 Å². The number of hydrogen-bond acceptors (Lipinski definition) is 5. The van der Waals surface area contributed by atoms with Gasteiger partial charge in [0.15, 0.2) is 0 Å². The SMILES string of the molecule is CO.COS(=O)(=O)OCC(C)C.[NaH]. The molecule has 0 aromatic carbocycles. The Balaban J connectivity index is -0.000000309. The molecule has 0 fully saturated rings. The quantitative estimate of drug-likeness (QED) is 0.652. The fourth-order valence-electron chi connectivity index (χ4n) is 0.268. The molecule has 0 aromatic heterocycles. The minimum atomic E-state index is -3.71. The van der Waals surface area contributed by atoms with E-state index in [1.165, 1.54) is 0 Å². The molecule has 5 nitrogen and oxygen atoms in total. The third-order valence-electron chi connectivity index (χ3n) is 0.750. The van der Waals surface area contributed by atoms with Crippen LogP contribution in [0.4, 0.5) is 0 Å². The summed E-state index contributed by atoms with van der Waals surface area (Å²) in [6, 6.07) is 0. The van der Waals surface area contributed by atoms with Crippen LogP contribution in [0.1, 0.15) is 13.8 Å². The van der Waals surface area contributed by atoms with Crippen molar-refractivity contribution in [1.29, 1.82) is 0 Å². The predicted molar refractivity (Wildman–Crippen MR) is 52.0 cm³/mol. The van der Waals surface area contributed by atoms with Crippen molar-refractivity contribution in [2.75, 3.05) is 20.8 Å². The molecule has 0 atom stereocenters. The average Bonchev–Trinajstić information content (AvgIpc) is 2.05. The Morgan fingerprint density at radius 2 is 1.69 bits per heavy atom. The van der Waals surface area contributed by atoms with Gasteiger partial charge in [0.2, 0.25) is 0 Å². The van der Waals surface area contributed by atoms with Gasteiger partial charge in [-0.2, -0.15) is 8.42 Å². The molecule has 0 heterocycles. The first-order valence-electron chi connectivity index (χ1n) is 3.37. The van der Waals surface area contributed by atoms with Crippen molar-refractivity contribution in [2.24, 2.45) is 5.92 Å². The van der Waals surface area contributed by atoms with Gasteiger partial charge in [0.1, 0.15) is 0 Å². The number of aliphatic hydroxyl groups excluding tert-OH is 1. The molecule has 0 saturated heterocycles. The van der Waals surface area contributed by atoms with Crippen molar-refractivity contribution >= 4 is 40.0 Å². The van der Waals surface area contributed by atoms with E-state index >= 15 is 0 Å². The molecule has 7 heteroatoms. The summed E-state index contributed by atoms with van der Waals surface area (Å²) in [5.74, 6) is 0.185. The summed E-state index contributed by atoms with van der Waals surface area (Å²) in [6.45, 7) is 3.87. The molecule has 1 N–H and O–H groups in total. The minimum absolute atomic E-state index is 0. The van der Waals surface area contributed by atoms with Crippen LogP contribution < -0.4 is 0 Å². The summed E-state index contributed by atoms with van der Waals surface area (Å²) in [5.41, 5.74) is 0. The fraction of sp³-hybridized carbons (Fsp3) is 1.00. The third-order valence-corrected chi connectivity index (χ3v) is 1.58. The Hall–Kier alpha value is 0.830. The second-order valence-corrected chi connectivity index (χ2v) is 3.64. The van der Waals surface area contributed by atoms with E-state index in [4.69, 9.17) is 5.11 Å². The van der Waals surface area contributed by atoms with Crippen LogP contribution in [0.15, 0.2) is 0 Å². The van der Waals surface area contributed by atoms with Crippen molar-refractivity contribution in [3.8, 4) is 0 Å². The van der Waals surface area contributed by atoms with E-state index in [1.807, 2.05) is 13.8 Å². The van der Waals surface area contributed by atoms with E-state index in [-0.39, 0.29) is 42.1 Å². The summed E-state index contributed by atoms with van der Waals surface area (Å²) < 4.78 is 29.3. The maximum absolute atomic E-state index is 10.5. The topological polar surface area (TPSA) is 72.8 Å². The number of aliphatic hydroxyl groups is 1. The van der Waals surface area contributed by atoms with Gasteiger partial charge >= 0.3 is 40.0 Å². The van der Waals surface area contributed by atoms with Gasteiger partial charge in [0.05, 0.1) is 13.7 Å². The Labute approximate surface area is 102 Å². The number of rotatable bonds is 4. The first-order chi connectivity index (χ1) is 5.48. The molecule has 0 aromatic rings. The van der Waals surface area contributed by atoms with Crippen LogP contribution >= 0.6 is 0 Å². The molecule has 0 aliphatic rings. The molecule has 0 rings (SSSR count).